The highest BCUT2D eigenvalue weighted by Crippen LogP contribution is 2.45. The lowest BCUT2D eigenvalue weighted by atomic mass is 10.1. The molecule has 0 saturated heterocycles. The van der Waals surface area contributed by atoms with Gasteiger partial charge in [-0.2, -0.15) is 0 Å². The molecule has 0 amide bonds. The summed E-state index contributed by atoms with van der Waals surface area (Å²) in [6, 6.07) is 4.43. The third-order valence-corrected chi connectivity index (χ3v) is 3.16. The van der Waals surface area contributed by atoms with Crippen molar-refractivity contribution >= 4 is 63.0 Å². The molecule has 2 aromatic rings. The summed E-state index contributed by atoms with van der Waals surface area (Å²) in [5.74, 6) is 0. The van der Waals surface area contributed by atoms with Crippen molar-refractivity contribution in [1.29, 1.82) is 0 Å². The SMILES string of the molecule is O=[N+]([O-])c1cnc2c(C(Cl)(Cl)Cl)c(Cl)ccc2c1. The first kappa shape index (κ1) is 13.6. The van der Waals surface area contributed by atoms with Crippen molar-refractivity contribution in [3.05, 3.63) is 45.1 Å². The van der Waals surface area contributed by atoms with Gasteiger partial charge in [-0.15, -0.1) is 0 Å². The zero-order valence-electron chi connectivity index (χ0n) is 8.53. The molecule has 0 spiro atoms. The maximum absolute atomic E-state index is 10.7. The predicted octanol–water partition coefficient (Wildman–Crippen LogP) is 4.62. The molecule has 0 aliphatic heterocycles. The Kier molecular flexibility index (Phi) is 3.56. The van der Waals surface area contributed by atoms with E-state index in [-0.39, 0.29) is 16.3 Å². The van der Waals surface area contributed by atoms with Crippen LogP contribution in [0, 0.1) is 10.1 Å². The van der Waals surface area contributed by atoms with Gasteiger partial charge >= 0.3 is 0 Å². The van der Waals surface area contributed by atoms with Crippen LogP contribution in [0.4, 0.5) is 5.69 Å². The van der Waals surface area contributed by atoms with Crippen molar-refractivity contribution in [3.8, 4) is 0 Å². The van der Waals surface area contributed by atoms with Crippen LogP contribution in [-0.2, 0) is 3.79 Å². The molecule has 0 bridgehead atoms. The van der Waals surface area contributed by atoms with Crippen molar-refractivity contribution in [2.75, 3.05) is 0 Å². The average Bonchev–Trinajstić information content (AvgIpc) is 2.26. The van der Waals surface area contributed by atoms with E-state index in [0.29, 0.717) is 10.9 Å². The number of hydrogen-bond donors (Lipinski definition) is 0. The second-order valence-electron chi connectivity index (χ2n) is 3.44. The van der Waals surface area contributed by atoms with Crippen LogP contribution in [0.15, 0.2) is 24.4 Å². The summed E-state index contributed by atoms with van der Waals surface area (Å²) in [6.45, 7) is 0. The Morgan fingerprint density at radius 1 is 1.28 bits per heavy atom. The number of pyridine rings is 1. The van der Waals surface area contributed by atoms with E-state index in [1.165, 1.54) is 12.1 Å². The molecule has 18 heavy (non-hydrogen) atoms. The molecule has 0 aliphatic rings. The molecule has 0 N–H and O–H groups in total. The number of alkyl halides is 3. The predicted molar refractivity (Wildman–Crippen MR) is 72.6 cm³/mol. The topological polar surface area (TPSA) is 56.0 Å². The van der Waals surface area contributed by atoms with Gasteiger partial charge in [-0.25, -0.2) is 4.98 Å². The van der Waals surface area contributed by atoms with Gasteiger partial charge < -0.3 is 0 Å². The minimum Gasteiger partial charge on any atom is -0.258 e. The standard InChI is InChI=1S/C10H4Cl4N2O2/c11-7-2-1-5-3-6(16(17)18)4-15-9(5)8(7)10(12,13)14/h1-4H. The summed E-state index contributed by atoms with van der Waals surface area (Å²) in [4.78, 5) is 14.1. The summed E-state index contributed by atoms with van der Waals surface area (Å²) >= 11 is 23.4. The number of halogens is 4. The van der Waals surface area contributed by atoms with Gasteiger partial charge in [0.05, 0.1) is 15.5 Å². The molecule has 4 nitrogen and oxygen atoms in total. The Balaban J connectivity index is 2.79. The van der Waals surface area contributed by atoms with Gasteiger partial charge in [0, 0.05) is 17.0 Å². The summed E-state index contributed by atoms with van der Waals surface area (Å²) in [5.41, 5.74) is 0.398. The lowest BCUT2D eigenvalue weighted by Crippen LogP contribution is -2.04. The second kappa shape index (κ2) is 4.70. The van der Waals surface area contributed by atoms with Crippen LogP contribution >= 0.6 is 46.4 Å². The third kappa shape index (κ3) is 2.47. The van der Waals surface area contributed by atoms with Crippen LogP contribution in [0.2, 0.25) is 5.02 Å². The molecule has 2 rings (SSSR count). The molecule has 1 aromatic heterocycles. The fraction of sp³-hybridized carbons (Fsp3) is 0.100. The van der Waals surface area contributed by atoms with E-state index in [4.69, 9.17) is 46.4 Å². The van der Waals surface area contributed by atoms with Gasteiger partial charge in [-0.05, 0) is 6.07 Å². The van der Waals surface area contributed by atoms with Crippen molar-refractivity contribution in [1.82, 2.24) is 4.98 Å². The lowest BCUT2D eigenvalue weighted by Gasteiger charge is -2.15. The molecule has 1 heterocycles. The van der Waals surface area contributed by atoms with Gasteiger partial charge in [0.15, 0.2) is 0 Å². The van der Waals surface area contributed by atoms with Crippen LogP contribution in [-0.4, -0.2) is 9.91 Å². The number of fused-ring (bicyclic) bond motifs is 1. The summed E-state index contributed by atoms with van der Waals surface area (Å²) < 4.78 is -1.75. The number of rotatable bonds is 1. The van der Waals surface area contributed by atoms with E-state index in [9.17, 15) is 10.1 Å². The first-order valence-electron chi connectivity index (χ1n) is 4.60. The number of hydrogen-bond acceptors (Lipinski definition) is 3. The van der Waals surface area contributed by atoms with E-state index in [2.05, 4.69) is 4.98 Å². The molecular weight excluding hydrogens is 322 g/mol. The Bertz CT molecular complexity index is 640. The van der Waals surface area contributed by atoms with Crippen LogP contribution in [0.5, 0.6) is 0 Å². The third-order valence-electron chi connectivity index (χ3n) is 2.28. The summed E-state index contributed by atoms with van der Waals surface area (Å²) in [7, 11) is 0. The Morgan fingerprint density at radius 3 is 2.50 bits per heavy atom. The largest absolute Gasteiger partial charge is 0.288 e. The van der Waals surface area contributed by atoms with Crippen LogP contribution < -0.4 is 0 Å². The average molecular weight is 326 g/mol. The number of nitro groups is 1. The minimum atomic E-state index is -1.75. The molecule has 0 atom stereocenters. The minimum absolute atomic E-state index is 0.139. The Labute approximate surface area is 122 Å². The molecule has 0 saturated carbocycles. The number of benzene rings is 1. The fourth-order valence-corrected chi connectivity index (χ4v) is 2.55. The van der Waals surface area contributed by atoms with E-state index in [0.717, 1.165) is 6.20 Å². The Hall–Kier alpha value is -0.810. The van der Waals surface area contributed by atoms with Crippen LogP contribution in [0.3, 0.4) is 0 Å². The van der Waals surface area contributed by atoms with Crippen LogP contribution in [0.25, 0.3) is 10.9 Å². The molecule has 0 unspecified atom stereocenters. The number of aromatic nitrogens is 1. The second-order valence-corrected chi connectivity index (χ2v) is 6.13. The molecule has 94 valence electrons. The quantitative estimate of drug-likeness (QED) is 0.436. The van der Waals surface area contributed by atoms with E-state index < -0.39 is 8.72 Å². The van der Waals surface area contributed by atoms with Gasteiger partial charge in [0.1, 0.15) is 6.20 Å². The normalized spacial score (nSPS) is 11.8. The van der Waals surface area contributed by atoms with Crippen molar-refractivity contribution in [2.45, 2.75) is 3.79 Å². The highest BCUT2D eigenvalue weighted by atomic mass is 35.6. The number of nitrogens with zero attached hydrogens (tertiary/aromatic N) is 2. The first-order chi connectivity index (χ1) is 8.30. The molecule has 8 heteroatoms. The van der Waals surface area contributed by atoms with Gasteiger partial charge in [-0.3, -0.25) is 10.1 Å². The van der Waals surface area contributed by atoms with Crippen molar-refractivity contribution in [3.63, 3.8) is 0 Å². The van der Waals surface area contributed by atoms with Crippen molar-refractivity contribution < 1.29 is 4.92 Å². The molecule has 1 aromatic carbocycles. The molecule has 0 radical (unpaired) electrons. The van der Waals surface area contributed by atoms with Crippen molar-refractivity contribution in [2.24, 2.45) is 0 Å². The maximum Gasteiger partial charge on any atom is 0.288 e. The zero-order valence-corrected chi connectivity index (χ0v) is 11.6. The molecule has 0 fully saturated rings. The van der Waals surface area contributed by atoms with E-state index in [1.807, 2.05) is 0 Å². The highest BCUT2D eigenvalue weighted by Gasteiger charge is 2.29. The lowest BCUT2D eigenvalue weighted by molar-refractivity contribution is -0.385. The van der Waals surface area contributed by atoms with E-state index >= 15 is 0 Å². The zero-order chi connectivity index (χ0) is 13.5. The molecule has 0 aliphatic carbocycles. The summed E-state index contributed by atoms with van der Waals surface area (Å²) in [6.07, 6.45) is 1.10. The first-order valence-corrected chi connectivity index (χ1v) is 6.12. The van der Waals surface area contributed by atoms with Gasteiger partial charge in [0.2, 0.25) is 3.79 Å². The van der Waals surface area contributed by atoms with Crippen LogP contribution in [0.1, 0.15) is 5.56 Å². The van der Waals surface area contributed by atoms with E-state index in [1.54, 1.807) is 6.07 Å². The molecular formula is C10H4Cl4N2O2. The Morgan fingerprint density at radius 2 is 1.94 bits per heavy atom. The maximum atomic E-state index is 10.7. The smallest absolute Gasteiger partial charge is 0.258 e. The fourth-order valence-electron chi connectivity index (χ4n) is 1.53. The van der Waals surface area contributed by atoms with Gasteiger partial charge in [-0.1, -0.05) is 52.5 Å². The monoisotopic (exact) mass is 324 g/mol. The summed E-state index contributed by atoms with van der Waals surface area (Å²) in [5, 5.41) is 11.4. The van der Waals surface area contributed by atoms with Gasteiger partial charge in [0.25, 0.3) is 5.69 Å². The highest BCUT2D eigenvalue weighted by molar-refractivity contribution is 6.67.